The standard InChI is InChI=1S/C25H25N7O/c1-17(33)32(23-8-9-24(19(11-23)13-27)20-15-29-31(2)16-20)22-6-4-21(5-7-22)30-25-10-3-18(12-26)14-28-25/h3,8-11,14-16,21-22H,4-7H2,1-2H3,(H,28,30)/t21-,22-. The molecule has 2 heterocycles. The molecule has 166 valence electrons. The summed E-state index contributed by atoms with van der Waals surface area (Å²) in [6.45, 7) is 1.58. The first-order chi connectivity index (χ1) is 16.0. The molecule has 1 aromatic carbocycles. The zero-order valence-corrected chi connectivity index (χ0v) is 18.7. The second-order valence-corrected chi connectivity index (χ2v) is 8.33. The van der Waals surface area contributed by atoms with Crippen LogP contribution >= 0.6 is 0 Å². The van der Waals surface area contributed by atoms with Gasteiger partial charge in [-0.15, -0.1) is 0 Å². The number of benzene rings is 1. The third kappa shape index (κ3) is 4.86. The predicted molar refractivity (Wildman–Crippen MR) is 125 cm³/mol. The molecular weight excluding hydrogens is 414 g/mol. The lowest BCUT2D eigenvalue weighted by molar-refractivity contribution is -0.117. The number of nitrogens with zero attached hydrogens (tertiary/aromatic N) is 6. The molecule has 8 heteroatoms. The van der Waals surface area contributed by atoms with Crippen molar-refractivity contribution in [3.8, 4) is 23.3 Å². The first kappa shape index (κ1) is 22.0. The van der Waals surface area contributed by atoms with Gasteiger partial charge in [0.05, 0.1) is 23.4 Å². The summed E-state index contributed by atoms with van der Waals surface area (Å²) in [5.41, 5.74) is 3.48. The topological polar surface area (TPSA) is 111 Å². The number of pyridine rings is 1. The molecule has 0 aliphatic heterocycles. The number of nitriles is 2. The largest absolute Gasteiger partial charge is 0.367 e. The van der Waals surface area contributed by atoms with Crippen LogP contribution in [0.4, 0.5) is 11.5 Å². The summed E-state index contributed by atoms with van der Waals surface area (Å²) in [6, 6.07) is 13.9. The molecule has 33 heavy (non-hydrogen) atoms. The number of hydrogen-bond donors (Lipinski definition) is 1. The Morgan fingerprint density at radius 3 is 2.48 bits per heavy atom. The van der Waals surface area contributed by atoms with E-state index in [-0.39, 0.29) is 18.0 Å². The van der Waals surface area contributed by atoms with Gasteiger partial charge in [-0.2, -0.15) is 15.6 Å². The smallest absolute Gasteiger partial charge is 0.224 e. The lowest BCUT2D eigenvalue weighted by Crippen LogP contribution is -2.43. The van der Waals surface area contributed by atoms with Gasteiger partial charge in [0.1, 0.15) is 11.9 Å². The molecule has 1 aliphatic carbocycles. The number of anilines is 2. The summed E-state index contributed by atoms with van der Waals surface area (Å²) in [6.07, 6.45) is 8.65. The van der Waals surface area contributed by atoms with E-state index in [1.54, 1.807) is 36.1 Å². The molecule has 1 saturated carbocycles. The van der Waals surface area contributed by atoms with Crippen LogP contribution in [0.1, 0.15) is 43.7 Å². The minimum atomic E-state index is -0.0295. The molecule has 3 aromatic rings. The lowest BCUT2D eigenvalue weighted by Gasteiger charge is -2.37. The van der Waals surface area contributed by atoms with Crippen molar-refractivity contribution in [1.29, 1.82) is 10.5 Å². The molecule has 0 atom stereocenters. The van der Waals surface area contributed by atoms with E-state index in [9.17, 15) is 10.1 Å². The highest BCUT2D eigenvalue weighted by Gasteiger charge is 2.29. The van der Waals surface area contributed by atoms with Crippen LogP contribution in [0.15, 0.2) is 48.9 Å². The highest BCUT2D eigenvalue weighted by Crippen LogP contribution is 2.32. The van der Waals surface area contributed by atoms with Gasteiger partial charge in [0.15, 0.2) is 0 Å². The zero-order chi connectivity index (χ0) is 23.4. The van der Waals surface area contributed by atoms with Gasteiger partial charge in [0, 0.05) is 55.3 Å². The Bertz CT molecular complexity index is 1220. The Hall–Kier alpha value is -4.17. The number of nitrogens with one attached hydrogen (secondary N) is 1. The van der Waals surface area contributed by atoms with Crippen molar-refractivity contribution in [3.63, 3.8) is 0 Å². The summed E-state index contributed by atoms with van der Waals surface area (Å²) in [4.78, 5) is 18.7. The van der Waals surface area contributed by atoms with Crippen LogP contribution in [0.3, 0.4) is 0 Å². The monoisotopic (exact) mass is 439 g/mol. The fourth-order valence-electron chi connectivity index (χ4n) is 4.47. The number of aryl methyl sites for hydroxylation is 1. The molecule has 1 fully saturated rings. The molecule has 1 amide bonds. The third-order valence-corrected chi connectivity index (χ3v) is 6.06. The van der Waals surface area contributed by atoms with Gasteiger partial charge in [-0.05, 0) is 49.9 Å². The van der Waals surface area contributed by atoms with Crippen LogP contribution in [-0.2, 0) is 11.8 Å². The van der Waals surface area contributed by atoms with Gasteiger partial charge in [-0.3, -0.25) is 9.48 Å². The number of hydrogen-bond acceptors (Lipinski definition) is 6. The molecule has 8 nitrogen and oxygen atoms in total. The maximum Gasteiger partial charge on any atom is 0.224 e. The molecule has 4 rings (SSSR count). The van der Waals surface area contributed by atoms with Gasteiger partial charge in [0.2, 0.25) is 5.91 Å². The van der Waals surface area contributed by atoms with E-state index in [1.165, 1.54) is 0 Å². The van der Waals surface area contributed by atoms with Crippen molar-refractivity contribution < 1.29 is 4.79 Å². The summed E-state index contributed by atoms with van der Waals surface area (Å²) in [5, 5.41) is 26.3. The zero-order valence-electron chi connectivity index (χ0n) is 18.7. The molecule has 0 spiro atoms. The van der Waals surface area contributed by atoms with Gasteiger partial charge in [-0.1, -0.05) is 6.07 Å². The predicted octanol–water partition coefficient (Wildman–Crippen LogP) is 4.00. The van der Waals surface area contributed by atoms with Crippen molar-refractivity contribution in [3.05, 3.63) is 60.0 Å². The van der Waals surface area contributed by atoms with Crippen LogP contribution < -0.4 is 10.2 Å². The minimum Gasteiger partial charge on any atom is -0.367 e. The first-order valence-corrected chi connectivity index (χ1v) is 10.9. The second-order valence-electron chi connectivity index (χ2n) is 8.33. The Morgan fingerprint density at radius 1 is 1.12 bits per heavy atom. The van der Waals surface area contributed by atoms with E-state index in [0.29, 0.717) is 11.1 Å². The molecule has 0 saturated heterocycles. The second kappa shape index (κ2) is 9.54. The fraction of sp³-hybridized carbons (Fsp3) is 0.320. The van der Waals surface area contributed by atoms with E-state index < -0.39 is 0 Å². The van der Waals surface area contributed by atoms with Crippen LogP contribution in [-0.4, -0.2) is 32.8 Å². The highest BCUT2D eigenvalue weighted by atomic mass is 16.2. The van der Waals surface area contributed by atoms with Crippen LogP contribution in [0.5, 0.6) is 0 Å². The maximum atomic E-state index is 12.6. The summed E-state index contributed by atoms with van der Waals surface area (Å²) < 4.78 is 1.70. The van der Waals surface area contributed by atoms with E-state index in [1.807, 2.05) is 36.3 Å². The van der Waals surface area contributed by atoms with Crippen molar-refractivity contribution in [2.24, 2.45) is 7.05 Å². The van der Waals surface area contributed by atoms with E-state index in [2.05, 4.69) is 27.5 Å². The maximum absolute atomic E-state index is 12.6. The number of rotatable bonds is 5. The van der Waals surface area contributed by atoms with Gasteiger partial charge >= 0.3 is 0 Å². The normalized spacial score (nSPS) is 17.6. The minimum absolute atomic E-state index is 0.0295. The van der Waals surface area contributed by atoms with Crippen LogP contribution in [0.25, 0.3) is 11.1 Å². The average molecular weight is 440 g/mol. The van der Waals surface area contributed by atoms with Crippen LogP contribution in [0, 0.1) is 22.7 Å². The molecule has 0 unspecified atom stereocenters. The highest BCUT2D eigenvalue weighted by molar-refractivity contribution is 5.93. The van der Waals surface area contributed by atoms with Crippen molar-refractivity contribution in [1.82, 2.24) is 14.8 Å². The molecule has 1 aliphatic rings. The molecule has 1 N–H and O–H groups in total. The first-order valence-electron chi connectivity index (χ1n) is 10.9. The summed E-state index contributed by atoms with van der Waals surface area (Å²) in [5.74, 6) is 0.726. The molecule has 0 bridgehead atoms. The number of carbonyl (C=O) groups excluding carboxylic acids is 1. The molecular formula is C25H25N7O. The number of aromatic nitrogens is 3. The number of amides is 1. The van der Waals surface area contributed by atoms with Gasteiger partial charge < -0.3 is 10.2 Å². The Morgan fingerprint density at radius 2 is 1.91 bits per heavy atom. The van der Waals surface area contributed by atoms with E-state index in [4.69, 9.17) is 5.26 Å². The Balaban J connectivity index is 1.47. The van der Waals surface area contributed by atoms with Crippen molar-refractivity contribution in [2.45, 2.75) is 44.7 Å². The van der Waals surface area contributed by atoms with Gasteiger partial charge in [-0.25, -0.2) is 4.98 Å². The third-order valence-electron chi connectivity index (χ3n) is 6.06. The van der Waals surface area contributed by atoms with Gasteiger partial charge in [0.25, 0.3) is 0 Å². The summed E-state index contributed by atoms with van der Waals surface area (Å²) >= 11 is 0. The molecule has 0 radical (unpaired) electrons. The van der Waals surface area contributed by atoms with E-state index >= 15 is 0 Å². The van der Waals surface area contributed by atoms with E-state index in [0.717, 1.165) is 48.3 Å². The Kier molecular flexibility index (Phi) is 6.37. The Labute approximate surface area is 193 Å². The average Bonchev–Trinajstić information content (AvgIpc) is 3.26. The molecule has 2 aromatic heterocycles. The van der Waals surface area contributed by atoms with Crippen molar-refractivity contribution in [2.75, 3.05) is 10.2 Å². The summed E-state index contributed by atoms with van der Waals surface area (Å²) in [7, 11) is 1.84. The van der Waals surface area contributed by atoms with Crippen LogP contribution in [0.2, 0.25) is 0 Å². The SMILES string of the molecule is CC(=O)N(c1ccc(-c2cnn(C)c2)c(C#N)c1)[C@H]1CC[C@H](Nc2ccc(C#N)cn2)CC1. The fourth-order valence-corrected chi connectivity index (χ4v) is 4.47. The van der Waals surface area contributed by atoms with Crippen molar-refractivity contribution >= 4 is 17.4 Å². The number of carbonyl (C=O) groups is 1. The lowest BCUT2D eigenvalue weighted by atomic mass is 9.89. The quantitative estimate of drug-likeness (QED) is 0.643.